The van der Waals surface area contributed by atoms with Crippen molar-refractivity contribution in [2.24, 2.45) is 0 Å². The number of aromatic nitrogens is 2. The second-order valence-electron chi connectivity index (χ2n) is 8.16. The number of carbonyl (C=O) groups excluding carboxylic acids is 2. The van der Waals surface area contributed by atoms with Gasteiger partial charge in [-0.15, -0.1) is 0 Å². The van der Waals surface area contributed by atoms with Gasteiger partial charge in [-0.05, 0) is 37.1 Å². The average molecular weight is 456 g/mol. The third kappa shape index (κ3) is 5.52. The number of para-hydroxylation sites is 3. The molecule has 0 atom stereocenters. The van der Waals surface area contributed by atoms with Gasteiger partial charge in [0.25, 0.3) is 5.91 Å². The fraction of sp³-hybridized carbons (Fsp3) is 0.250. The summed E-state index contributed by atoms with van der Waals surface area (Å²) in [5, 5.41) is 2.97. The number of benzene rings is 3. The first-order valence-electron chi connectivity index (χ1n) is 11.6. The van der Waals surface area contributed by atoms with Crippen molar-refractivity contribution in [2.45, 2.75) is 32.2 Å². The largest absolute Gasteiger partial charge is 0.496 e. The van der Waals surface area contributed by atoms with Crippen molar-refractivity contribution in [2.75, 3.05) is 13.7 Å². The van der Waals surface area contributed by atoms with Gasteiger partial charge in [0.2, 0.25) is 0 Å². The van der Waals surface area contributed by atoms with Crippen LogP contribution in [0.1, 0.15) is 45.8 Å². The van der Waals surface area contributed by atoms with Crippen molar-refractivity contribution >= 4 is 22.7 Å². The minimum Gasteiger partial charge on any atom is -0.496 e. The Kier molecular flexibility index (Phi) is 7.71. The number of Topliss-reactive ketones (excluding diaryl/α,β-unsaturated/α-hetero) is 1. The molecule has 0 saturated carbocycles. The van der Waals surface area contributed by atoms with Crippen LogP contribution in [-0.4, -0.2) is 34.9 Å². The topological polar surface area (TPSA) is 73.2 Å². The Morgan fingerprint density at radius 1 is 0.882 bits per heavy atom. The van der Waals surface area contributed by atoms with Crippen LogP contribution in [0.15, 0.2) is 78.9 Å². The highest BCUT2D eigenvalue weighted by Gasteiger charge is 2.15. The first kappa shape index (κ1) is 23.2. The van der Waals surface area contributed by atoms with E-state index in [1.54, 1.807) is 19.2 Å². The van der Waals surface area contributed by atoms with Crippen LogP contribution in [0.2, 0.25) is 0 Å². The van der Waals surface area contributed by atoms with Gasteiger partial charge in [-0.2, -0.15) is 0 Å². The van der Waals surface area contributed by atoms with E-state index in [1.165, 1.54) is 0 Å². The maximum Gasteiger partial charge on any atom is 0.255 e. The smallest absolute Gasteiger partial charge is 0.255 e. The zero-order valence-electron chi connectivity index (χ0n) is 19.4. The van der Waals surface area contributed by atoms with E-state index in [1.807, 2.05) is 71.3 Å². The van der Waals surface area contributed by atoms with E-state index >= 15 is 0 Å². The molecule has 0 aliphatic heterocycles. The van der Waals surface area contributed by atoms with E-state index in [0.29, 0.717) is 23.4 Å². The summed E-state index contributed by atoms with van der Waals surface area (Å²) in [5.41, 5.74) is 3.13. The molecule has 0 aliphatic rings. The van der Waals surface area contributed by atoms with Crippen LogP contribution < -0.4 is 10.1 Å². The quantitative estimate of drug-likeness (QED) is 0.253. The first-order chi connectivity index (χ1) is 16.7. The molecular formula is C28H29N3O3. The highest BCUT2D eigenvalue weighted by Crippen LogP contribution is 2.19. The number of imidazole rings is 1. The Balaban J connectivity index is 1.32. The van der Waals surface area contributed by atoms with Gasteiger partial charge >= 0.3 is 0 Å². The third-order valence-corrected chi connectivity index (χ3v) is 5.85. The number of amides is 1. The molecule has 0 fully saturated rings. The van der Waals surface area contributed by atoms with E-state index in [2.05, 4.69) is 5.32 Å². The fourth-order valence-electron chi connectivity index (χ4n) is 4.07. The van der Waals surface area contributed by atoms with Crippen LogP contribution in [0, 0.1) is 0 Å². The molecule has 6 nitrogen and oxygen atoms in total. The highest BCUT2D eigenvalue weighted by molar-refractivity contribution is 5.97. The molecule has 1 amide bonds. The number of nitrogens with one attached hydrogen (secondary N) is 1. The molecule has 4 rings (SSSR count). The van der Waals surface area contributed by atoms with E-state index in [0.717, 1.165) is 42.5 Å². The highest BCUT2D eigenvalue weighted by atomic mass is 16.5. The number of ether oxygens (including phenoxy) is 1. The lowest BCUT2D eigenvalue weighted by molar-refractivity contribution is 0.0947. The Hall–Kier alpha value is -3.93. The van der Waals surface area contributed by atoms with Crippen LogP contribution in [0.3, 0.4) is 0 Å². The van der Waals surface area contributed by atoms with Gasteiger partial charge in [-0.1, -0.05) is 61.0 Å². The van der Waals surface area contributed by atoms with Crippen molar-refractivity contribution in [1.82, 2.24) is 14.9 Å². The molecule has 174 valence electrons. The molecule has 6 heteroatoms. The number of carbonyl (C=O) groups is 2. The number of ketones is 1. The van der Waals surface area contributed by atoms with E-state index in [9.17, 15) is 9.59 Å². The summed E-state index contributed by atoms with van der Waals surface area (Å²) in [6, 6.07) is 24.5. The molecule has 0 unspecified atom stereocenters. The molecule has 34 heavy (non-hydrogen) atoms. The van der Waals surface area contributed by atoms with Gasteiger partial charge in [0.1, 0.15) is 11.6 Å². The fourth-order valence-corrected chi connectivity index (χ4v) is 4.07. The minimum absolute atomic E-state index is 0.0732. The number of fused-ring (bicyclic) bond motifs is 1. The summed E-state index contributed by atoms with van der Waals surface area (Å²) < 4.78 is 7.29. The first-order valence-corrected chi connectivity index (χ1v) is 11.6. The summed E-state index contributed by atoms with van der Waals surface area (Å²) in [5.74, 6) is 1.44. The molecular weight excluding hydrogens is 426 g/mol. The minimum atomic E-state index is -0.126. The predicted molar refractivity (Wildman–Crippen MR) is 133 cm³/mol. The molecule has 1 heterocycles. The van der Waals surface area contributed by atoms with Crippen molar-refractivity contribution < 1.29 is 14.3 Å². The van der Waals surface area contributed by atoms with Crippen LogP contribution in [0.4, 0.5) is 0 Å². The maximum atomic E-state index is 12.9. The number of methoxy groups -OCH3 is 1. The molecule has 3 aromatic carbocycles. The molecule has 1 aromatic heterocycles. The van der Waals surface area contributed by atoms with E-state index in [-0.39, 0.29) is 18.2 Å². The molecule has 1 N–H and O–H groups in total. The van der Waals surface area contributed by atoms with Gasteiger partial charge in [0.15, 0.2) is 5.78 Å². The summed E-state index contributed by atoms with van der Waals surface area (Å²) in [6.07, 6.45) is 3.51. The zero-order chi connectivity index (χ0) is 23.8. The molecule has 0 bridgehead atoms. The Morgan fingerprint density at radius 3 is 2.44 bits per heavy atom. The monoisotopic (exact) mass is 455 g/mol. The number of nitrogens with zero attached hydrogens (tertiary/aromatic N) is 2. The lowest BCUT2D eigenvalue weighted by atomic mass is 10.1. The SMILES string of the molecule is COc1ccccc1C(=O)NCCCCCc1nc2ccccc2n1CC(=O)c1ccccc1. The normalized spacial score (nSPS) is 10.9. The van der Waals surface area contributed by atoms with E-state index in [4.69, 9.17) is 9.72 Å². The van der Waals surface area contributed by atoms with Gasteiger partial charge in [-0.3, -0.25) is 9.59 Å². The lowest BCUT2D eigenvalue weighted by Gasteiger charge is -2.10. The van der Waals surface area contributed by atoms with Crippen LogP contribution in [0.5, 0.6) is 5.75 Å². The Morgan fingerprint density at radius 2 is 1.62 bits per heavy atom. The molecule has 4 aromatic rings. The summed E-state index contributed by atoms with van der Waals surface area (Å²) in [7, 11) is 1.56. The zero-order valence-corrected chi connectivity index (χ0v) is 19.4. The number of unbranched alkanes of at least 4 members (excludes halogenated alkanes) is 2. The summed E-state index contributed by atoms with van der Waals surface area (Å²) in [4.78, 5) is 30.0. The van der Waals surface area contributed by atoms with Gasteiger partial charge in [0, 0.05) is 18.5 Å². The van der Waals surface area contributed by atoms with Crippen LogP contribution >= 0.6 is 0 Å². The second kappa shape index (κ2) is 11.3. The molecule has 0 spiro atoms. The Bertz CT molecular complexity index is 1260. The van der Waals surface area contributed by atoms with Crippen molar-refractivity contribution in [3.8, 4) is 5.75 Å². The maximum absolute atomic E-state index is 12.9. The van der Waals surface area contributed by atoms with Gasteiger partial charge in [0.05, 0.1) is 30.3 Å². The van der Waals surface area contributed by atoms with Crippen molar-refractivity contribution in [3.05, 3.63) is 95.8 Å². The number of aryl methyl sites for hydroxylation is 1. The number of hydrogen-bond donors (Lipinski definition) is 1. The number of rotatable bonds is 11. The average Bonchev–Trinajstić information content (AvgIpc) is 3.23. The van der Waals surface area contributed by atoms with Crippen molar-refractivity contribution in [1.29, 1.82) is 0 Å². The standard InChI is InChI=1S/C28H29N3O3/c1-34-26-17-10-7-14-22(26)28(33)29-19-11-3-6-18-27-30-23-15-8-9-16-24(23)31(27)20-25(32)21-12-4-2-5-13-21/h2,4-5,7-10,12-17H,3,6,11,18-20H2,1H3,(H,29,33). The molecule has 0 radical (unpaired) electrons. The molecule has 0 aliphatic carbocycles. The predicted octanol–water partition coefficient (Wildman–Crippen LogP) is 5.07. The molecule has 0 saturated heterocycles. The third-order valence-electron chi connectivity index (χ3n) is 5.85. The second-order valence-corrected chi connectivity index (χ2v) is 8.16. The number of hydrogen-bond acceptors (Lipinski definition) is 4. The van der Waals surface area contributed by atoms with Gasteiger partial charge in [-0.25, -0.2) is 4.98 Å². The van der Waals surface area contributed by atoms with Gasteiger partial charge < -0.3 is 14.6 Å². The van der Waals surface area contributed by atoms with Crippen molar-refractivity contribution in [3.63, 3.8) is 0 Å². The van der Waals surface area contributed by atoms with E-state index < -0.39 is 0 Å². The lowest BCUT2D eigenvalue weighted by Crippen LogP contribution is -2.24. The van der Waals surface area contributed by atoms with Crippen LogP contribution in [0.25, 0.3) is 11.0 Å². The Labute approximate surface area is 199 Å². The van der Waals surface area contributed by atoms with Crippen LogP contribution in [-0.2, 0) is 13.0 Å². The summed E-state index contributed by atoms with van der Waals surface area (Å²) in [6.45, 7) is 0.870. The summed E-state index contributed by atoms with van der Waals surface area (Å²) >= 11 is 0.